The van der Waals surface area contributed by atoms with Crippen molar-refractivity contribution in [2.75, 3.05) is 26.2 Å². The van der Waals surface area contributed by atoms with Crippen LogP contribution in [-0.4, -0.2) is 46.3 Å². The molecule has 0 unspecified atom stereocenters. The van der Waals surface area contributed by atoms with Crippen LogP contribution < -0.4 is 5.76 Å². The van der Waals surface area contributed by atoms with Crippen LogP contribution in [0.2, 0.25) is 0 Å². The SMILES string of the molecule is O=C(c1ccc2c(c1)oc(=O)n2CN1CCN(Cc2ccccc2)CC1)c1ccccc1F. The highest BCUT2D eigenvalue weighted by molar-refractivity contribution is 6.10. The van der Waals surface area contributed by atoms with Crippen molar-refractivity contribution in [1.82, 2.24) is 14.4 Å². The molecule has 5 rings (SSSR count). The van der Waals surface area contributed by atoms with Gasteiger partial charge in [-0.05, 0) is 35.9 Å². The molecule has 1 aliphatic rings. The number of oxazole rings is 1. The summed E-state index contributed by atoms with van der Waals surface area (Å²) in [7, 11) is 0. The molecule has 0 spiro atoms. The Morgan fingerprint density at radius 2 is 1.58 bits per heavy atom. The Hall–Kier alpha value is -3.55. The molecule has 7 heteroatoms. The zero-order valence-electron chi connectivity index (χ0n) is 18.1. The number of fused-ring (bicyclic) bond motifs is 1. The largest absolute Gasteiger partial charge is 0.421 e. The number of aromatic nitrogens is 1. The molecule has 2 heterocycles. The molecule has 33 heavy (non-hydrogen) atoms. The first-order chi connectivity index (χ1) is 16.1. The molecule has 6 nitrogen and oxygen atoms in total. The lowest BCUT2D eigenvalue weighted by molar-refractivity contribution is 0.102. The Bertz CT molecular complexity index is 1340. The number of halogens is 1. The standard InChI is InChI=1S/C26H24FN3O3/c27-22-9-5-4-8-21(22)25(31)20-10-11-23-24(16-20)33-26(32)30(23)18-29-14-12-28(13-15-29)17-19-6-2-1-3-7-19/h1-11,16H,12-15,17-18H2. The molecule has 0 radical (unpaired) electrons. The molecule has 3 aromatic carbocycles. The minimum Gasteiger partial charge on any atom is -0.408 e. The maximum absolute atomic E-state index is 14.0. The van der Waals surface area contributed by atoms with Crippen LogP contribution >= 0.6 is 0 Å². The second-order valence-electron chi connectivity index (χ2n) is 8.31. The number of ketones is 1. The van der Waals surface area contributed by atoms with E-state index in [2.05, 4.69) is 34.1 Å². The van der Waals surface area contributed by atoms with E-state index in [1.54, 1.807) is 22.8 Å². The number of nitrogens with zero attached hydrogens (tertiary/aromatic N) is 3. The van der Waals surface area contributed by atoms with Gasteiger partial charge in [-0.25, -0.2) is 9.18 Å². The first kappa shape index (κ1) is 21.3. The van der Waals surface area contributed by atoms with Crippen LogP contribution in [0.25, 0.3) is 11.1 Å². The lowest BCUT2D eigenvalue weighted by Gasteiger charge is -2.34. The molecular weight excluding hydrogens is 421 g/mol. The predicted octanol–water partition coefficient (Wildman–Crippen LogP) is 3.74. The molecule has 0 amide bonds. The van der Waals surface area contributed by atoms with Gasteiger partial charge in [-0.2, -0.15) is 0 Å². The van der Waals surface area contributed by atoms with Crippen molar-refractivity contribution >= 4 is 16.9 Å². The third-order valence-corrected chi connectivity index (χ3v) is 6.10. The summed E-state index contributed by atoms with van der Waals surface area (Å²) < 4.78 is 21.0. The molecule has 1 aromatic heterocycles. The molecule has 0 saturated carbocycles. The Kier molecular flexibility index (Phi) is 5.90. The third kappa shape index (κ3) is 4.51. The molecule has 0 atom stereocenters. The van der Waals surface area contributed by atoms with Gasteiger partial charge in [0, 0.05) is 38.3 Å². The van der Waals surface area contributed by atoms with Crippen LogP contribution in [0.5, 0.6) is 0 Å². The van der Waals surface area contributed by atoms with E-state index in [4.69, 9.17) is 4.42 Å². The van der Waals surface area contributed by atoms with Gasteiger partial charge in [0.05, 0.1) is 17.7 Å². The Morgan fingerprint density at radius 1 is 0.879 bits per heavy atom. The highest BCUT2D eigenvalue weighted by Crippen LogP contribution is 2.20. The second kappa shape index (κ2) is 9.13. The van der Waals surface area contributed by atoms with Gasteiger partial charge in [0.15, 0.2) is 11.4 Å². The minimum atomic E-state index is -0.576. The molecular formula is C26H24FN3O3. The third-order valence-electron chi connectivity index (χ3n) is 6.10. The van der Waals surface area contributed by atoms with E-state index in [-0.39, 0.29) is 11.1 Å². The van der Waals surface area contributed by atoms with Gasteiger partial charge in [0.25, 0.3) is 0 Å². The van der Waals surface area contributed by atoms with Gasteiger partial charge >= 0.3 is 5.76 Å². The van der Waals surface area contributed by atoms with E-state index >= 15 is 0 Å². The van der Waals surface area contributed by atoms with E-state index in [1.165, 1.54) is 29.8 Å². The maximum atomic E-state index is 14.0. The lowest BCUT2D eigenvalue weighted by atomic mass is 10.0. The van der Waals surface area contributed by atoms with Crippen molar-refractivity contribution in [3.63, 3.8) is 0 Å². The van der Waals surface area contributed by atoms with Crippen LogP contribution in [0, 0.1) is 5.82 Å². The molecule has 168 valence electrons. The van der Waals surface area contributed by atoms with Gasteiger partial charge in [-0.1, -0.05) is 42.5 Å². The number of hydrogen-bond donors (Lipinski definition) is 0. The van der Waals surface area contributed by atoms with Gasteiger partial charge in [0.1, 0.15) is 5.82 Å². The first-order valence-electron chi connectivity index (χ1n) is 11.0. The second-order valence-corrected chi connectivity index (χ2v) is 8.31. The maximum Gasteiger partial charge on any atom is 0.421 e. The first-order valence-corrected chi connectivity index (χ1v) is 11.0. The summed E-state index contributed by atoms with van der Waals surface area (Å²) in [4.78, 5) is 29.9. The molecule has 0 N–H and O–H groups in total. The topological polar surface area (TPSA) is 58.7 Å². The van der Waals surface area contributed by atoms with Crippen LogP contribution in [0.4, 0.5) is 4.39 Å². The summed E-state index contributed by atoms with van der Waals surface area (Å²) in [6.45, 7) is 4.86. The molecule has 1 saturated heterocycles. The van der Waals surface area contributed by atoms with E-state index in [0.29, 0.717) is 17.8 Å². The number of benzene rings is 3. The average molecular weight is 445 g/mol. The molecule has 4 aromatic rings. The summed E-state index contributed by atoms with van der Waals surface area (Å²) in [5.74, 6) is -1.49. The summed E-state index contributed by atoms with van der Waals surface area (Å²) in [6, 6.07) is 21.1. The normalized spacial score (nSPS) is 15.2. The van der Waals surface area contributed by atoms with Crippen molar-refractivity contribution in [2.45, 2.75) is 13.2 Å². The average Bonchev–Trinajstić information content (AvgIpc) is 3.15. The summed E-state index contributed by atoms with van der Waals surface area (Å²) >= 11 is 0. The quantitative estimate of drug-likeness (QED) is 0.423. The number of piperazine rings is 1. The summed E-state index contributed by atoms with van der Waals surface area (Å²) in [6.07, 6.45) is 0. The van der Waals surface area contributed by atoms with Crippen LogP contribution in [0.1, 0.15) is 21.5 Å². The lowest BCUT2D eigenvalue weighted by Crippen LogP contribution is -2.47. The Labute approximate surface area is 190 Å². The van der Waals surface area contributed by atoms with Crippen molar-refractivity contribution in [3.05, 3.63) is 106 Å². The fourth-order valence-electron chi connectivity index (χ4n) is 4.27. The van der Waals surface area contributed by atoms with Gasteiger partial charge in [0.2, 0.25) is 0 Å². The van der Waals surface area contributed by atoms with Crippen molar-refractivity contribution in [3.8, 4) is 0 Å². The van der Waals surface area contributed by atoms with Crippen LogP contribution in [-0.2, 0) is 13.2 Å². The highest BCUT2D eigenvalue weighted by atomic mass is 19.1. The fourth-order valence-corrected chi connectivity index (χ4v) is 4.27. The molecule has 0 bridgehead atoms. The Balaban J connectivity index is 1.29. The molecule has 1 fully saturated rings. The van der Waals surface area contributed by atoms with Crippen molar-refractivity contribution in [2.24, 2.45) is 0 Å². The summed E-state index contributed by atoms with van der Waals surface area (Å²) in [5, 5.41) is 0. The van der Waals surface area contributed by atoms with E-state index < -0.39 is 17.4 Å². The number of carbonyl (C=O) groups is 1. The van der Waals surface area contributed by atoms with Crippen LogP contribution in [0.3, 0.4) is 0 Å². The monoisotopic (exact) mass is 445 g/mol. The van der Waals surface area contributed by atoms with Gasteiger partial charge in [-0.15, -0.1) is 0 Å². The molecule has 1 aliphatic heterocycles. The van der Waals surface area contributed by atoms with Gasteiger partial charge < -0.3 is 4.42 Å². The van der Waals surface area contributed by atoms with Gasteiger partial charge in [-0.3, -0.25) is 19.2 Å². The fraction of sp³-hybridized carbons (Fsp3) is 0.231. The highest BCUT2D eigenvalue weighted by Gasteiger charge is 2.21. The minimum absolute atomic E-state index is 0.00740. The summed E-state index contributed by atoms with van der Waals surface area (Å²) in [5.41, 5.74) is 2.51. The van der Waals surface area contributed by atoms with Crippen molar-refractivity contribution < 1.29 is 13.6 Å². The Morgan fingerprint density at radius 3 is 2.33 bits per heavy atom. The zero-order chi connectivity index (χ0) is 22.8. The smallest absolute Gasteiger partial charge is 0.408 e. The zero-order valence-corrected chi connectivity index (χ0v) is 18.1. The van der Waals surface area contributed by atoms with Crippen LogP contribution in [0.15, 0.2) is 82.0 Å². The predicted molar refractivity (Wildman–Crippen MR) is 124 cm³/mol. The van der Waals surface area contributed by atoms with E-state index in [0.717, 1.165) is 32.7 Å². The number of hydrogen-bond acceptors (Lipinski definition) is 5. The molecule has 0 aliphatic carbocycles. The number of rotatable bonds is 6. The number of carbonyl (C=O) groups excluding carboxylic acids is 1. The van der Waals surface area contributed by atoms with E-state index in [9.17, 15) is 14.0 Å². The van der Waals surface area contributed by atoms with Crippen molar-refractivity contribution in [1.29, 1.82) is 0 Å². The van der Waals surface area contributed by atoms with E-state index in [1.807, 2.05) is 6.07 Å².